The summed E-state index contributed by atoms with van der Waals surface area (Å²) in [4.78, 5) is 3.19. The largest absolute Gasteiger partial charge is 1.00 e. The van der Waals surface area contributed by atoms with Crippen LogP contribution in [0.5, 0.6) is 0 Å². The van der Waals surface area contributed by atoms with Crippen LogP contribution in [0.2, 0.25) is 0 Å². The van der Waals surface area contributed by atoms with Crippen LogP contribution in [-0.4, -0.2) is 0 Å². The van der Waals surface area contributed by atoms with Crippen molar-refractivity contribution in [2.45, 2.75) is 5.88 Å². The van der Waals surface area contributed by atoms with Gasteiger partial charge in [0.05, 0.1) is 5.88 Å². The lowest BCUT2D eigenvalue weighted by molar-refractivity contribution is -0.345. The van der Waals surface area contributed by atoms with Crippen molar-refractivity contribution in [3.05, 3.63) is 42.1 Å². The lowest BCUT2D eigenvalue weighted by Gasteiger charge is -1.92. The molecule has 0 aliphatic heterocycles. The molecule has 0 unspecified atom stereocenters. The Hall–Kier alpha value is -0.790. The Morgan fingerprint density at radius 3 is 2.77 bits per heavy atom. The first-order valence-corrected chi connectivity index (χ1v) is 4.39. The molecule has 2 aromatic rings. The van der Waals surface area contributed by atoms with Crippen LogP contribution in [0.1, 0.15) is 5.56 Å². The molecule has 68 valence electrons. The fourth-order valence-corrected chi connectivity index (χ4v) is 1.40. The molecule has 1 heterocycles. The third-order valence-corrected chi connectivity index (χ3v) is 2.18. The SMILES string of the molecule is ClCc1c[nH+]c2ccccc2c1.[Cl-]. The average molecular weight is 214 g/mol. The molecule has 0 amide bonds. The molecule has 0 saturated heterocycles. The molecule has 1 aromatic heterocycles. The molecule has 0 aliphatic carbocycles. The van der Waals surface area contributed by atoms with Crippen LogP contribution < -0.4 is 17.4 Å². The summed E-state index contributed by atoms with van der Waals surface area (Å²) in [5.74, 6) is 0.557. The zero-order chi connectivity index (χ0) is 8.39. The molecule has 0 aliphatic rings. The number of pyridine rings is 1. The molecule has 13 heavy (non-hydrogen) atoms. The van der Waals surface area contributed by atoms with Crippen molar-refractivity contribution in [2.24, 2.45) is 0 Å². The van der Waals surface area contributed by atoms with E-state index in [0.717, 1.165) is 11.1 Å². The van der Waals surface area contributed by atoms with Crippen molar-refractivity contribution >= 4 is 22.5 Å². The van der Waals surface area contributed by atoms with Crippen LogP contribution in [0.4, 0.5) is 0 Å². The van der Waals surface area contributed by atoms with E-state index in [2.05, 4.69) is 17.1 Å². The predicted molar refractivity (Wildman–Crippen MR) is 50.1 cm³/mol. The van der Waals surface area contributed by atoms with E-state index < -0.39 is 0 Å². The number of nitrogens with one attached hydrogen (secondary N) is 1. The van der Waals surface area contributed by atoms with Crippen molar-refractivity contribution < 1.29 is 17.4 Å². The minimum absolute atomic E-state index is 0. The molecule has 0 bridgehead atoms. The monoisotopic (exact) mass is 213 g/mol. The van der Waals surface area contributed by atoms with E-state index >= 15 is 0 Å². The molecule has 0 atom stereocenters. The Kier molecular flexibility index (Phi) is 3.52. The molecule has 0 saturated carbocycles. The highest BCUT2D eigenvalue weighted by Gasteiger charge is 2.00. The number of rotatable bonds is 1. The van der Waals surface area contributed by atoms with Crippen LogP contribution in [0.3, 0.4) is 0 Å². The smallest absolute Gasteiger partial charge is 0.210 e. The van der Waals surface area contributed by atoms with Gasteiger partial charge in [0, 0.05) is 17.0 Å². The van der Waals surface area contributed by atoms with E-state index in [-0.39, 0.29) is 12.4 Å². The molecule has 0 fully saturated rings. The fraction of sp³-hybridized carbons (Fsp3) is 0.100. The van der Waals surface area contributed by atoms with Gasteiger partial charge in [-0.05, 0) is 12.1 Å². The second kappa shape index (κ2) is 4.45. The maximum absolute atomic E-state index is 5.71. The normalized spacial score (nSPS) is 9.62. The quantitative estimate of drug-likeness (QED) is 0.563. The predicted octanol–water partition coefficient (Wildman–Crippen LogP) is -0.603. The summed E-state index contributed by atoms with van der Waals surface area (Å²) >= 11 is 5.71. The van der Waals surface area contributed by atoms with E-state index in [0.29, 0.717) is 5.88 Å². The van der Waals surface area contributed by atoms with Gasteiger partial charge >= 0.3 is 0 Å². The van der Waals surface area contributed by atoms with Crippen molar-refractivity contribution in [1.29, 1.82) is 0 Å². The van der Waals surface area contributed by atoms with Crippen LogP contribution in [-0.2, 0) is 5.88 Å². The van der Waals surface area contributed by atoms with Gasteiger partial charge in [-0.15, -0.1) is 11.6 Å². The lowest BCUT2D eigenvalue weighted by Crippen LogP contribution is -3.00. The summed E-state index contributed by atoms with van der Waals surface area (Å²) in [6.07, 6.45) is 1.94. The molecule has 1 N–H and O–H groups in total. The van der Waals surface area contributed by atoms with Gasteiger partial charge in [0.1, 0.15) is 0 Å². The van der Waals surface area contributed by atoms with Gasteiger partial charge < -0.3 is 12.4 Å². The number of benzene rings is 1. The van der Waals surface area contributed by atoms with Crippen LogP contribution in [0.25, 0.3) is 10.9 Å². The third-order valence-electron chi connectivity index (χ3n) is 1.87. The zero-order valence-corrected chi connectivity index (χ0v) is 8.44. The van der Waals surface area contributed by atoms with Gasteiger partial charge in [-0.3, -0.25) is 0 Å². The Bertz CT molecular complexity index is 401. The first-order chi connectivity index (χ1) is 5.90. The minimum atomic E-state index is 0. The number of para-hydroxylation sites is 1. The summed E-state index contributed by atoms with van der Waals surface area (Å²) in [6, 6.07) is 10.3. The van der Waals surface area contributed by atoms with Crippen LogP contribution in [0, 0.1) is 0 Å². The van der Waals surface area contributed by atoms with E-state index in [1.54, 1.807) is 0 Å². The summed E-state index contributed by atoms with van der Waals surface area (Å²) in [5, 5.41) is 1.20. The molecule has 3 heteroatoms. The molecule has 2 rings (SSSR count). The van der Waals surface area contributed by atoms with Gasteiger partial charge in [0.2, 0.25) is 5.52 Å². The summed E-state index contributed by atoms with van der Waals surface area (Å²) in [5.41, 5.74) is 2.27. The first-order valence-electron chi connectivity index (χ1n) is 3.85. The topological polar surface area (TPSA) is 14.1 Å². The number of halogens is 2. The van der Waals surface area contributed by atoms with E-state index in [1.807, 2.05) is 24.4 Å². The first kappa shape index (κ1) is 10.3. The second-order valence-electron chi connectivity index (χ2n) is 2.73. The van der Waals surface area contributed by atoms with Crippen molar-refractivity contribution in [2.75, 3.05) is 0 Å². The number of fused-ring (bicyclic) bond motifs is 1. The zero-order valence-electron chi connectivity index (χ0n) is 6.93. The molecular weight excluding hydrogens is 205 g/mol. The summed E-state index contributed by atoms with van der Waals surface area (Å²) in [6.45, 7) is 0. The highest BCUT2D eigenvalue weighted by Crippen LogP contribution is 2.10. The van der Waals surface area contributed by atoms with E-state index in [9.17, 15) is 0 Å². The number of H-pyrrole nitrogens is 1. The van der Waals surface area contributed by atoms with Gasteiger partial charge in [0.15, 0.2) is 6.20 Å². The number of hydrogen-bond donors (Lipinski definition) is 0. The Morgan fingerprint density at radius 1 is 1.23 bits per heavy atom. The standard InChI is InChI=1S/C10H8ClN.ClH/c11-6-8-5-9-3-1-2-4-10(9)12-7-8;/h1-5,7H,6H2;1H. The second-order valence-corrected chi connectivity index (χ2v) is 3.00. The van der Waals surface area contributed by atoms with Gasteiger partial charge in [-0.2, -0.15) is 0 Å². The summed E-state index contributed by atoms with van der Waals surface area (Å²) in [7, 11) is 0. The highest BCUT2D eigenvalue weighted by atomic mass is 35.5. The fourth-order valence-electron chi connectivity index (χ4n) is 1.24. The summed E-state index contributed by atoms with van der Waals surface area (Å²) < 4.78 is 0. The minimum Gasteiger partial charge on any atom is -1.00 e. The Balaban J connectivity index is 0.000000845. The van der Waals surface area contributed by atoms with Crippen molar-refractivity contribution in [1.82, 2.24) is 0 Å². The van der Waals surface area contributed by atoms with Gasteiger partial charge in [0.25, 0.3) is 0 Å². The maximum atomic E-state index is 5.71. The number of hydrogen-bond acceptors (Lipinski definition) is 0. The van der Waals surface area contributed by atoms with Crippen LogP contribution >= 0.6 is 11.6 Å². The number of aromatic amines is 1. The number of alkyl halides is 1. The molecule has 1 nitrogen and oxygen atoms in total. The average Bonchev–Trinajstić information content (AvgIpc) is 2.17. The molecular formula is C10H9Cl2N. The van der Waals surface area contributed by atoms with Gasteiger partial charge in [-0.1, -0.05) is 12.1 Å². The maximum Gasteiger partial charge on any atom is 0.210 e. The van der Waals surface area contributed by atoms with E-state index in [1.165, 1.54) is 5.39 Å². The molecule has 0 spiro atoms. The van der Waals surface area contributed by atoms with E-state index in [4.69, 9.17) is 11.6 Å². The van der Waals surface area contributed by atoms with Crippen molar-refractivity contribution in [3.63, 3.8) is 0 Å². The molecule has 1 aromatic carbocycles. The number of aromatic nitrogens is 1. The highest BCUT2D eigenvalue weighted by molar-refractivity contribution is 6.17. The Labute approximate surface area is 88.2 Å². The lowest BCUT2D eigenvalue weighted by atomic mass is 10.2. The molecule has 0 radical (unpaired) electrons. The Morgan fingerprint density at radius 2 is 2.00 bits per heavy atom. The van der Waals surface area contributed by atoms with Crippen LogP contribution in [0.15, 0.2) is 36.5 Å². The van der Waals surface area contributed by atoms with Crippen molar-refractivity contribution in [3.8, 4) is 0 Å². The van der Waals surface area contributed by atoms with Gasteiger partial charge in [-0.25, -0.2) is 4.98 Å². The third kappa shape index (κ3) is 2.11.